The van der Waals surface area contributed by atoms with Crippen molar-refractivity contribution < 1.29 is 0 Å². The SMILES string of the molecule is CCC(C)c1ccc2nccc(-c3c[nH]nc3-c3ccccn3)c2c1. The van der Waals surface area contributed by atoms with Gasteiger partial charge in [-0.25, -0.2) is 0 Å². The summed E-state index contributed by atoms with van der Waals surface area (Å²) in [4.78, 5) is 8.98. The molecule has 4 heteroatoms. The molecule has 1 N–H and O–H groups in total. The van der Waals surface area contributed by atoms with Crippen molar-refractivity contribution in [2.45, 2.75) is 26.2 Å². The van der Waals surface area contributed by atoms with Crippen LogP contribution in [0.4, 0.5) is 0 Å². The number of benzene rings is 1. The number of hydrogen-bond donors (Lipinski definition) is 1. The molecule has 25 heavy (non-hydrogen) atoms. The van der Waals surface area contributed by atoms with Crippen LogP contribution in [-0.4, -0.2) is 20.2 Å². The Bertz CT molecular complexity index is 1000. The highest BCUT2D eigenvalue weighted by Crippen LogP contribution is 2.34. The second kappa shape index (κ2) is 6.48. The van der Waals surface area contributed by atoms with Crippen molar-refractivity contribution in [2.75, 3.05) is 0 Å². The van der Waals surface area contributed by atoms with E-state index in [2.05, 4.69) is 58.3 Å². The zero-order valence-corrected chi connectivity index (χ0v) is 14.4. The lowest BCUT2D eigenvalue weighted by Gasteiger charge is -2.12. The van der Waals surface area contributed by atoms with Crippen molar-refractivity contribution >= 4 is 10.9 Å². The lowest BCUT2D eigenvalue weighted by Crippen LogP contribution is -1.93. The van der Waals surface area contributed by atoms with E-state index in [9.17, 15) is 0 Å². The van der Waals surface area contributed by atoms with E-state index in [1.54, 1.807) is 6.20 Å². The second-order valence-corrected chi connectivity index (χ2v) is 6.31. The first-order valence-corrected chi connectivity index (χ1v) is 8.62. The molecule has 1 unspecified atom stereocenters. The third-order valence-electron chi connectivity index (χ3n) is 4.79. The molecule has 4 aromatic rings. The number of rotatable bonds is 4. The van der Waals surface area contributed by atoms with Crippen LogP contribution in [0.1, 0.15) is 31.7 Å². The third kappa shape index (κ3) is 2.80. The molecule has 0 aliphatic rings. The average Bonchev–Trinajstić information content (AvgIpc) is 3.16. The van der Waals surface area contributed by atoms with E-state index in [0.717, 1.165) is 39.8 Å². The molecule has 0 saturated heterocycles. The van der Waals surface area contributed by atoms with Crippen LogP contribution in [0.2, 0.25) is 0 Å². The Balaban J connectivity index is 1.92. The molecule has 0 fully saturated rings. The van der Waals surface area contributed by atoms with Crippen LogP contribution in [0.5, 0.6) is 0 Å². The first-order chi connectivity index (χ1) is 12.3. The summed E-state index contributed by atoms with van der Waals surface area (Å²) in [5.41, 5.74) is 6.24. The Morgan fingerprint density at radius 1 is 1.00 bits per heavy atom. The Labute approximate surface area is 147 Å². The molecule has 0 bridgehead atoms. The van der Waals surface area contributed by atoms with Crippen LogP contribution in [0.25, 0.3) is 33.4 Å². The Kier molecular flexibility index (Phi) is 4.02. The molecule has 0 spiro atoms. The third-order valence-corrected chi connectivity index (χ3v) is 4.79. The van der Waals surface area contributed by atoms with Crippen LogP contribution in [0.15, 0.2) is 61.1 Å². The summed E-state index contributed by atoms with van der Waals surface area (Å²) in [6.07, 6.45) is 6.70. The minimum absolute atomic E-state index is 0.525. The highest BCUT2D eigenvalue weighted by Gasteiger charge is 2.15. The van der Waals surface area contributed by atoms with Gasteiger partial charge in [0.05, 0.1) is 11.2 Å². The summed E-state index contributed by atoms with van der Waals surface area (Å²) in [5.74, 6) is 0.525. The van der Waals surface area contributed by atoms with Gasteiger partial charge < -0.3 is 0 Å². The Morgan fingerprint density at radius 2 is 1.92 bits per heavy atom. The molecule has 0 aliphatic heterocycles. The molecule has 0 radical (unpaired) electrons. The predicted molar refractivity (Wildman–Crippen MR) is 101 cm³/mol. The van der Waals surface area contributed by atoms with Gasteiger partial charge in [0.1, 0.15) is 5.69 Å². The highest BCUT2D eigenvalue weighted by atomic mass is 15.1. The monoisotopic (exact) mass is 328 g/mol. The van der Waals surface area contributed by atoms with Crippen LogP contribution < -0.4 is 0 Å². The van der Waals surface area contributed by atoms with E-state index in [4.69, 9.17) is 0 Å². The molecule has 124 valence electrons. The van der Waals surface area contributed by atoms with E-state index in [1.807, 2.05) is 30.6 Å². The first kappa shape index (κ1) is 15.5. The summed E-state index contributed by atoms with van der Waals surface area (Å²) in [7, 11) is 0. The summed E-state index contributed by atoms with van der Waals surface area (Å²) >= 11 is 0. The van der Waals surface area contributed by atoms with Crippen molar-refractivity contribution in [3.05, 3.63) is 66.6 Å². The Hall–Kier alpha value is -3.01. The zero-order chi connectivity index (χ0) is 17.2. The minimum atomic E-state index is 0.525. The van der Waals surface area contributed by atoms with Crippen LogP contribution in [0.3, 0.4) is 0 Å². The standard InChI is InChI=1S/C21H20N4/c1-3-14(2)15-7-8-19-17(12-15)16(9-11-23-19)18-13-24-25-21(18)20-6-4-5-10-22-20/h4-14H,3H2,1-2H3,(H,24,25). The fraction of sp³-hybridized carbons (Fsp3) is 0.190. The van der Waals surface area contributed by atoms with Gasteiger partial charge in [0.2, 0.25) is 0 Å². The van der Waals surface area contributed by atoms with Crippen molar-refractivity contribution in [1.82, 2.24) is 20.2 Å². The van der Waals surface area contributed by atoms with Gasteiger partial charge in [0.15, 0.2) is 0 Å². The van der Waals surface area contributed by atoms with Gasteiger partial charge in [-0.15, -0.1) is 0 Å². The molecular weight excluding hydrogens is 308 g/mol. The average molecular weight is 328 g/mol. The number of aromatic nitrogens is 4. The summed E-state index contributed by atoms with van der Waals surface area (Å²) in [5, 5.41) is 8.59. The van der Waals surface area contributed by atoms with Gasteiger partial charge in [-0.1, -0.05) is 26.0 Å². The lowest BCUT2D eigenvalue weighted by atomic mass is 9.94. The van der Waals surface area contributed by atoms with Gasteiger partial charge in [0.25, 0.3) is 0 Å². The number of pyridine rings is 2. The fourth-order valence-corrected chi connectivity index (χ4v) is 3.13. The minimum Gasteiger partial charge on any atom is -0.284 e. The first-order valence-electron chi connectivity index (χ1n) is 8.62. The van der Waals surface area contributed by atoms with Gasteiger partial charge >= 0.3 is 0 Å². The van der Waals surface area contributed by atoms with E-state index >= 15 is 0 Å². The molecule has 1 aromatic carbocycles. The van der Waals surface area contributed by atoms with Crippen LogP contribution >= 0.6 is 0 Å². The number of nitrogens with zero attached hydrogens (tertiary/aromatic N) is 3. The maximum Gasteiger partial charge on any atom is 0.118 e. The lowest BCUT2D eigenvalue weighted by molar-refractivity contribution is 0.734. The number of aromatic amines is 1. The highest BCUT2D eigenvalue weighted by molar-refractivity contribution is 5.97. The predicted octanol–water partition coefficient (Wildman–Crippen LogP) is 5.20. The quantitative estimate of drug-likeness (QED) is 0.560. The molecular formula is C21H20N4. The van der Waals surface area contributed by atoms with Crippen molar-refractivity contribution in [1.29, 1.82) is 0 Å². The fourth-order valence-electron chi connectivity index (χ4n) is 3.13. The topological polar surface area (TPSA) is 54.5 Å². The molecule has 1 atom stereocenters. The van der Waals surface area contributed by atoms with Crippen LogP contribution in [0, 0.1) is 0 Å². The number of nitrogens with one attached hydrogen (secondary N) is 1. The maximum absolute atomic E-state index is 4.53. The maximum atomic E-state index is 4.53. The van der Waals surface area contributed by atoms with E-state index in [0.29, 0.717) is 5.92 Å². The summed E-state index contributed by atoms with van der Waals surface area (Å²) in [6.45, 7) is 4.47. The largest absolute Gasteiger partial charge is 0.284 e. The smallest absolute Gasteiger partial charge is 0.118 e. The van der Waals surface area contributed by atoms with Gasteiger partial charge in [-0.05, 0) is 53.8 Å². The van der Waals surface area contributed by atoms with Gasteiger partial charge in [0, 0.05) is 29.5 Å². The molecule has 4 nitrogen and oxygen atoms in total. The molecule has 3 heterocycles. The van der Waals surface area contributed by atoms with Crippen molar-refractivity contribution in [2.24, 2.45) is 0 Å². The number of hydrogen-bond acceptors (Lipinski definition) is 3. The van der Waals surface area contributed by atoms with Gasteiger partial charge in [-0.3, -0.25) is 15.1 Å². The summed E-state index contributed by atoms with van der Waals surface area (Å²) in [6, 6.07) is 14.5. The van der Waals surface area contributed by atoms with E-state index in [1.165, 1.54) is 5.56 Å². The normalized spacial score (nSPS) is 12.4. The Morgan fingerprint density at radius 3 is 2.72 bits per heavy atom. The zero-order valence-electron chi connectivity index (χ0n) is 14.4. The molecule has 4 rings (SSSR count). The second-order valence-electron chi connectivity index (χ2n) is 6.31. The van der Waals surface area contributed by atoms with Crippen molar-refractivity contribution in [3.63, 3.8) is 0 Å². The van der Waals surface area contributed by atoms with E-state index in [-0.39, 0.29) is 0 Å². The van der Waals surface area contributed by atoms with E-state index < -0.39 is 0 Å². The van der Waals surface area contributed by atoms with Crippen LogP contribution in [-0.2, 0) is 0 Å². The molecule has 0 aliphatic carbocycles. The number of fused-ring (bicyclic) bond motifs is 1. The number of H-pyrrole nitrogens is 1. The van der Waals surface area contributed by atoms with Crippen molar-refractivity contribution in [3.8, 4) is 22.5 Å². The molecule has 0 amide bonds. The molecule has 3 aromatic heterocycles. The molecule has 0 saturated carbocycles. The summed E-state index contributed by atoms with van der Waals surface area (Å²) < 4.78 is 0. The van der Waals surface area contributed by atoms with Gasteiger partial charge in [-0.2, -0.15) is 5.10 Å².